The maximum absolute atomic E-state index is 3.69. The van der Waals surface area contributed by atoms with Crippen molar-refractivity contribution in [1.82, 2.24) is 0 Å². The molecule has 2 aliphatic carbocycles. The summed E-state index contributed by atoms with van der Waals surface area (Å²) in [6, 6.07) is 0. The monoisotopic (exact) mass is 202 g/mol. The van der Waals surface area contributed by atoms with E-state index in [0.29, 0.717) is 0 Å². The van der Waals surface area contributed by atoms with E-state index in [1.807, 2.05) is 0 Å². The van der Waals surface area contributed by atoms with E-state index in [9.17, 15) is 0 Å². The molecule has 2 rings (SSSR count). The lowest BCUT2D eigenvalue weighted by Crippen LogP contribution is -2.33. The lowest BCUT2D eigenvalue weighted by molar-refractivity contribution is 0.0804. The first kappa shape index (κ1) is 7.15. The molecule has 2 saturated carbocycles. The molecule has 0 atom stereocenters. The summed E-state index contributed by atoms with van der Waals surface area (Å²) in [6.07, 6.45) is 10.4. The molecule has 0 aromatic carbocycles. The van der Waals surface area contributed by atoms with Crippen LogP contribution < -0.4 is 0 Å². The standard InChI is InChI=1S/C9H15Br/c10-8-2-6-9(7-3-8)4-1-5-9/h8H,1-7H2. The fraction of sp³-hybridized carbons (Fsp3) is 1.00. The van der Waals surface area contributed by atoms with Gasteiger partial charge in [-0.25, -0.2) is 0 Å². The van der Waals surface area contributed by atoms with Crippen molar-refractivity contribution in [1.29, 1.82) is 0 Å². The molecule has 2 fully saturated rings. The van der Waals surface area contributed by atoms with Gasteiger partial charge in [-0.1, -0.05) is 22.4 Å². The van der Waals surface area contributed by atoms with Gasteiger partial charge in [0.2, 0.25) is 0 Å². The van der Waals surface area contributed by atoms with Crippen LogP contribution in [0.15, 0.2) is 0 Å². The smallest absolute Gasteiger partial charge is 0.0146 e. The topological polar surface area (TPSA) is 0 Å². The number of hydrogen-bond acceptors (Lipinski definition) is 0. The molecule has 0 amide bonds. The molecule has 0 saturated heterocycles. The Hall–Kier alpha value is 0.480. The van der Waals surface area contributed by atoms with Crippen molar-refractivity contribution < 1.29 is 0 Å². The first-order valence-electron chi connectivity index (χ1n) is 4.45. The first-order valence-corrected chi connectivity index (χ1v) is 5.36. The van der Waals surface area contributed by atoms with E-state index < -0.39 is 0 Å². The van der Waals surface area contributed by atoms with Gasteiger partial charge < -0.3 is 0 Å². The minimum Gasteiger partial charge on any atom is -0.0891 e. The van der Waals surface area contributed by atoms with Gasteiger partial charge in [0.15, 0.2) is 0 Å². The van der Waals surface area contributed by atoms with Crippen LogP contribution in [0, 0.1) is 5.41 Å². The molecule has 0 aromatic rings. The predicted molar refractivity (Wildman–Crippen MR) is 47.5 cm³/mol. The summed E-state index contributed by atoms with van der Waals surface area (Å²) < 4.78 is 0. The van der Waals surface area contributed by atoms with Crippen molar-refractivity contribution >= 4 is 15.9 Å². The number of alkyl halides is 1. The second-order valence-electron chi connectivity index (χ2n) is 4.03. The molecular formula is C9H15Br. The molecule has 1 spiro atoms. The van der Waals surface area contributed by atoms with Gasteiger partial charge in [0.05, 0.1) is 0 Å². The van der Waals surface area contributed by atoms with Gasteiger partial charge in [-0.05, 0) is 43.9 Å². The third-order valence-corrected chi connectivity index (χ3v) is 4.31. The lowest BCUT2D eigenvalue weighted by Gasteiger charge is -2.46. The quantitative estimate of drug-likeness (QED) is 0.528. The Kier molecular flexibility index (Phi) is 1.79. The van der Waals surface area contributed by atoms with Crippen LogP contribution in [-0.2, 0) is 0 Å². The molecule has 0 aliphatic heterocycles. The summed E-state index contributed by atoms with van der Waals surface area (Å²) in [5.41, 5.74) is 0.851. The molecule has 58 valence electrons. The summed E-state index contributed by atoms with van der Waals surface area (Å²) in [7, 11) is 0. The van der Waals surface area contributed by atoms with E-state index in [2.05, 4.69) is 15.9 Å². The Labute approximate surface area is 71.5 Å². The van der Waals surface area contributed by atoms with E-state index in [0.717, 1.165) is 10.2 Å². The molecule has 2 aliphatic rings. The summed E-state index contributed by atoms with van der Waals surface area (Å²) in [4.78, 5) is 0.846. The molecule has 0 heterocycles. The molecule has 0 N–H and O–H groups in total. The minimum absolute atomic E-state index is 0.846. The van der Waals surface area contributed by atoms with E-state index in [4.69, 9.17) is 0 Å². The third-order valence-electron chi connectivity index (χ3n) is 3.39. The Bertz CT molecular complexity index is 117. The van der Waals surface area contributed by atoms with Crippen molar-refractivity contribution in [3.63, 3.8) is 0 Å². The molecule has 0 unspecified atom stereocenters. The molecule has 0 radical (unpaired) electrons. The van der Waals surface area contributed by atoms with E-state index in [1.54, 1.807) is 0 Å². The highest BCUT2D eigenvalue weighted by atomic mass is 79.9. The fourth-order valence-corrected chi connectivity index (χ4v) is 2.83. The molecule has 0 aromatic heterocycles. The van der Waals surface area contributed by atoms with Crippen molar-refractivity contribution in [2.24, 2.45) is 5.41 Å². The molecular weight excluding hydrogens is 188 g/mol. The van der Waals surface area contributed by atoms with Crippen LogP contribution in [0.4, 0.5) is 0 Å². The first-order chi connectivity index (χ1) is 4.81. The van der Waals surface area contributed by atoms with Gasteiger partial charge in [0, 0.05) is 4.83 Å². The van der Waals surface area contributed by atoms with E-state index in [-0.39, 0.29) is 0 Å². The average molecular weight is 203 g/mol. The Morgan fingerprint density at radius 1 is 1.00 bits per heavy atom. The number of rotatable bonds is 0. The zero-order valence-corrected chi connectivity index (χ0v) is 7.99. The molecule has 1 heteroatoms. The highest BCUT2D eigenvalue weighted by Gasteiger charge is 2.39. The van der Waals surface area contributed by atoms with E-state index >= 15 is 0 Å². The zero-order valence-electron chi connectivity index (χ0n) is 6.41. The van der Waals surface area contributed by atoms with Crippen molar-refractivity contribution in [3.8, 4) is 0 Å². The Morgan fingerprint density at radius 3 is 2.00 bits per heavy atom. The summed E-state index contributed by atoms with van der Waals surface area (Å²) in [5.74, 6) is 0. The SMILES string of the molecule is BrC1CCC2(CCC2)CC1. The normalized spacial score (nSPS) is 32.1. The van der Waals surface area contributed by atoms with Crippen LogP contribution in [0.1, 0.15) is 44.9 Å². The second-order valence-corrected chi connectivity index (χ2v) is 5.32. The van der Waals surface area contributed by atoms with Crippen LogP contribution in [0.5, 0.6) is 0 Å². The van der Waals surface area contributed by atoms with Crippen LogP contribution in [0.3, 0.4) is 0 Å². The summed E-state index contributed by atoms with van der Waals surface area (Å²) >= 11 is 3.69. The van der Waals surface area contributed by atoms with Gasteiger partial charge in [-0.15, -0.1) is 0 Å². The number of hydrogen-bond donors (Lipinski definition) is 0. The Balaban J connectivity index is 1.90. The maximum atomic E-state index is 3.69. The third kappa shape index (κ3) is 1.13. The maximum Gasteiger partial charge on any atom is 0.0146 e. The van der Waals surface area contributed by atoms with Gasteiger partial charge in [-0.2, -0.15) is 0 Å². The van der Waals surface area contributed by atoms with Crippen LogP contribution in [-0.4, -0.2) is 4.83 Å². The van der Waals surface area contributed by atoms with Crippen LogP contribution in [0.25, 0.3) is 0 Å². The Morgan fingerprint density at radius 2 is 1.60 bits per heavy atom. The van der Waals surface area contributed by atoms with Gasteiger partial charge in [0.1, 0.15) is 0 Å². The summed E-state index contributed by atoms with van der Waals surface area (Å²) in [5, 5.41) is 0. The van der Waals surface area contributed by atoms with Crippen LogP contribution >= 0.6 is 15.9 Å². The van der Waals surface area contributed by atoms with Gasteiger partial charge in [0.25, 0.3) is 0 Å². The molecule has 10 heavy (non-hydrogen) atoms. The average Bonchev–Trinajstić information content (AvgIpc) is 1.86. The lowest BCUT2D eigenvalue weighted by atomic mass is 9.61. The van der Waals surface area contributed by atoms with Crippen LogP contribution in [0.2, 0.25) is 0 Å². The van der Waals surface area contributed by atoms with Crippen molar-refractivity contribution in [2.45, 2.75) is 49.8 Å². The van der Waals surface area contributed by atoms with Gasteiger partial charge in [-0.3, -0.25) is 0 Å². The largest absolute Gasteiger partial charge is 0.0891 e. The van der Waals surface area contributed by atoms with Crippen molar-refractivity contribution in [3.05, 3.63) is 0 Å². The van der Waals surface area contributed by atoms with Gasteiger partial charge >= 0.3 is 0 Å². The minimum atomic E-state index is 0.846. The second kappa shape index (κ2) is 2.51. The highest BCUT2D eigenvalue weighted by Crippen LogP contribution is 2.52. The van der Waals surface area contributed by atoms with Crippen molar-refractivity contribution in [2.75, 3.05) is 0 Å². The molecule has 0 nitrogen and oxygen atoms in total. The highest BCUT2D eigenvalue weighted by molar-refractivity contribution is 9.09. The zero-order chi connectivity index (χ0) is 7.03. The summed E-state index contributed by atoms with van der Waals surface area (Å²) in [6.45, 7) is 0. The fourth-order valence-electron chi connectivity index (χ4n) is 2.37. The predicted octanol–water partition coefficient (Wildman–Crippen LogP) is 3.49. The number of halogens is 1. The van der Waals surface area contributed by atoms with E-state index in [1.165, 1.54) is 44.9 Å². The molecule has 0 bridgehead atoms.